The van der Waals surface area contributed by atoms with E-state index < -0.39 is 0 Å². The summed E-state index contributed by atoms with van der Waals surface area (Å²) in [6.45, 7) is 1.01. The maximum Gasteiger partial charge on any atom is 0.0432 e. The van der Waals surface area contributed by atoms with E-state index in [-0.39, 0.29) is 0 Å². The molecule has 0 unspecified atom stereocenters. The summed E-state index contributed by atoms with van der Waals surface area (Å²) in [6.07, 6.45) is 6.79. The van der Waals surface area contributed by atoms with E-state index in [1.54, 1.807) is 0 Å². The summed E-state index contributed by atoms with van der Waals surface area (Å²) in [4.78, 5) is 2.59. The zero-order valence-electron chi connectivity index (χ0n) is 12.0. The summed E-state index contributed by atoms with van der Waals surface area (Å²) < 4.78 is 0. The number of rotatable bonds is 4. The zero-order chi connectivity index (χ0) is 13.6. The van der Waals surface area contributed by atoms with Gasteiger partial charge >= 0.3 is 0 Å². The minimum absolute atomic E-state index is 0.686. The Morgan fingerprint density at radius 3 is 2.30 bits per heavy atom. The summed E-state index contributed by atoms with van der Waals surface area (Å²) >= 11 is 0. The normalized spacial score (nSPS) is 16.0. The maximum atomic E-state index is 3.13. The molecular formula is C19H22N. The Balaban J connectivity index is 1.83. The van der Waals surface area contributed by atoms with E-state index >= 15 is 0 Å². The second kappa shape index (κ2) is 6.60. The Hall–Kier alpha value is -1.76. The predicted octanol–water partition coefficient (Wildman–Crippen LogP) is 4.83. The monoisotopic (exact) mass is 264 g/mol. The van der Waals surface area contributed by atoms with Crippen LogP contribution in [0.25, 0.3) is 0 Å². The zero-order valence-corrected chi connectivity index (χ0v) is 12.0. The Morgan fingerprint density at radius 1 is 0.900 bits per heavy atom. The van der Waals surface area contributed by atoms with E-state index in [1.165, 1.54) is 43.4 Å². The van der Waals surface area contributed by atoms with Crippen molar-refractivity contribution in [1.29, 1.82) is 0 Å². The van der Waals surface area contributed by atoms with E-state index in [0.717, 1.165) is 6.54 Å². The highest BCUT2D eigenvalue weighted by Gasteiger charge is 2.21. The van der Waals surface area contributed by atoms with Gasteiger partial charge in [0.05, 0.1) is 0 Å². The van der Waals surface area contributed by atoms with Gasteiger partial charge in [0, 0.05) is 18.3 Å². The second-order valence-electron chi connectivity index (χ2n) is 5.66. The Kier molecular flexibility index (Phi) is 4.37. The van der Waals surface area contributed by atoms with Crippen LogP contribution in [0.5, 0.6) is 0 Å². The van der Waals surface area contributed by atoms with Gasteiger partial charge in [0.25, 0.3) is 0 Å². The van der Waals surface area contributed by atoms with Gasteiger partial charge in [-0.15, -0.1) is 0 Å². The van der Waals surface area contributed by atoms with Gasteiger partial charge in [0.2, 0.25) is 0 Å². The van der Waals surface area contributed by atoms with Gasteiger partial charge in [-0.1, -0.05) is 61.7 Å². The van der Waals surface area contributed by atoms with E-state index in [0.29, 0.717) is 6.04 Å². The van der Waals surface area contributed by atoms with Crippen LogP contribution in [0.1, 0.15) is 37.7 Å². The quantitative estimate of drug-likeness (QED) is 0.764. The molecule has 20 heavy (non-hydrogen) atoms. The first-order chi connectivity index (χ1) is 9.93. The average Bonchev–Trinajstić information content (AvgIpc) is 2.55. The highest BCUT2D eigenvalue weighted by atomic mass is 15.2. The number of nitrogens with zero attached hydrogens (tertiary/aromatic N) is 1. The number of anilines is 1. The third-order valence-corrected chi connectivity index (χ3v) is 4.24. The molecule has 2 aromatic rings. The van der Waals surface area contributed by atoms with Gasteiger partial charge in [0.1, 0.15) is 0 Å². The van der Waals surface area contributed by atoms with Gasteiger partial charge in [-0.05, 0) is 36.6 Å². The third kappa shape index (κ3) is 3.22. The first kappa shape index (κ1) is 13.2. The molecule has 1 aliphatic rings. The van der Waals surface area contributed by atoms with Gasteiger partial charge in [-0.2, -0.15) is 0 Å². The van der Waals surface area contributed by atoms with Crippen molar-refractivity contribution in [3.8, 4) is 0 Å². The molecule has 1 radical (unpaired) electrons. The standard InChI is InChI=1S/C19H22N/c1-4-10-17(11-5-1)16-20(18-12-6-2-7-13-18)19-14-8-3-9-15-19/h1,4-5,8-11,14-15,18H,2,6-7,12-13,16H2. The largest absolute Gasteiger partial charge is 0.364 e. The Morgan fingerprint density at radius 2 is 1.60 bits per heavy atom. The van der Waals surface area contributed by atoms with Crippen molar-refractivity contribution in [2.75, 3.05) is 4.90 Å². The minimum atomic E-state index is 0.686. The van der Waals surface area contributed by atoms with E-state index in [2.05, 4.69) is 53.4 Å². The fourth-order valence-corrected chi connectivity index (χ4v) is 3.17. The van der Waals surface area contributed by atoms with E-state index in [4.69, 9.17) is 0 Å². The molecule has 1 nitrogen and oxygen atoms in total. The molecule has 0 spiro atoms. The van der Waals surface area contributed by atoms with Crippen molar-refractivity contribution in [2.45, 2.75) is 44.7 Å². The predicted molar refractivity (Wildman–Crippen MR) is 84.8 cm³/mol. The molecule has 0 amide bonds. The lowest BCUT2D eigenvalue weighted by atomic mass is 9.93. The lowest BCUT2D eigenvalue weighted by molar-refractivity contribution is 0.413. The van der Waals surface area contributed by atoms with Crippen LogP contribution in [0.3, 0.4) is 0 Å². The molecule has 1 saturated carbocycles. The summed E-state index contributed by atoms with van der Waals surface area (Å²) in [5.74, 6) is 0. The van der Waals surface area contributed by atoms with Gasteiger partial charge in [-0.25, -0.2) is 0 Å². The van der Waals surface area contributed by atoms with Crippen molar-refractivity contribution in [2.24, 2.45) is 0 Å². The van der Waals surface area contributed by atoms with Crippen LogP contribution in [-0.2, 0) is 6.54 Å². The van der Waals surface area contributed by atoms with Crippen LogP contribution < -0.4 is 4.90 Å². The van der Waals surface area contributed by atoms with Crippen molar-refractivity contribution in [3.05, 3.63) is 66.2 Å². The van der Waals surface area contributed by atoms with Crippen molar-refractivity contribution in [1.82, 2.24) is 0 Å². The van der Waals surface area contributed by atoms with Crippen molar-refractivity contribution in [3.63, 3.8) is 0 Å². The van der Waals surface area contributed by atoms with Crippen molar-refractivity contribution < 1.29 is 0 Å². The van der Waals surface area contributed by atoms with Crippen LogP contribution in [0, 0.1) is 6.07 Å². The van der Waals surface area contributed by atoms with Crippen LogP contribution in [0.4, 0.5) is 5.69 Å². The molecule has 0 aliphatic heterocycles. The highest BCUT2D eigenvalue weighted by Crippen LogP contribution is 2.28. The molecule has 0 heterocycles. The Labute approximate surface area is 122 Å². The first-order valence-corrected chi connectivity index (χ1v) is 7.70. The highest BCUT2D eigenvalue weighted by molar-refractivity contribution is 5.47. The second-order valence-corrected chi connectivity index (χ2v) is 5.66. The van der Waals surface area contributed by atoms with Crippen LogP contribution >= 0.6 is 0 Å². The molecule has 0 atom stereocenters. The lowest BCUT2D eigenvalue weighted by Crippen LogP contribution is -2.36. The van der Waals surface area contributed by atoms with E-state index in [9.17, 15) is 0 Å². The molecule has 0 bridgehead atoms. The SMILES string of the molecule is [c]1ccc(N(Cc2ccccc2)C2CCCCC2)cc1. The van der Waals surface area contributed by atoms with Gasteiger partial charge < -0.3 is 4.90 Å². The Bertz CT molecular complexity index is 500. The molecule has 1 fully saturated rings. The molecule has 0 aromatic heterocycles. The summed E-state index contributed by atoms with van der Waals surface area (Å²) in [5.41, 5.74) is 2.73. The van der Waals surface area contributed by atoms with Crippen molar-refractivity contribution >= 4 is 5.69 Å². The molecule has 2 aromatic carbocycles. The molecule has 0 N–H and O–H groups in total. The van der Waals surface area contributed by atoms with Crippen LogP contribution in [-0.4, -0.2) is 6.04 Å². The third-order valence-electron chi connectivity index (χ3n) is 4.24. The van der Waals surface area contributed by atoms with Crippen LogP contribution in [0.2, 0.25) is 0 Å². The molecule has 1 aliphatic carbocycles. The number of hydrogen-bond acceptors (Lipinski definition) is 1. The summed E-state index contributed by atoms with van der Waals surface area (Å²) in [7, 11) is 0. The summed E-state index contributed by atoms with van der Waals surface area (Å²) in [6, 6.07) is 23.1. The van der Waals surface area contributed by atoms with Gasteiger partial charge in [0.15, 0.2) is 0 Å². The molecule has 0 saturated heterocycles. The fourth-order valence-electron chi connectivity index (χ4n) is 3.17. The van der Waals surface area contributed by atoms with Gasteiger partial charge in [-0.3, -0.25) is 0 Å². The van der Waals surface area contributed by atoms with Crippen LogP contribution in [0.15, 0.2) is 54.6 Å². The topological polar surface area (TPSA) is 3.24 Å². The first-order valence-electron chi connectivity index (χ1n) is 7.70. The summed E-state index contributed by atoms with van der Waals surface area (Å²) in [5, 5.41) is 0. The maximum absolute atomic E-state index is 3.13. The molecule has 1 heteroatoms. The molecule has 3 rings (SSSR count). The number of benzene rings is 2. The number of hydrogen-bond donors (Lipinski definition) is 0. The lowest BCUT2D eigenvalue weighted by Gasteiger charge is -2.36. The average molecular weight is 264 g/mol. The molecular weight excluding hydrogens is 242 g/mol. The fraction of sp³-hybridized carbons (Fsp3) is 0.368. The molecule has 103 valence electrons. The minimum Gasteiger partial charge on any atom is -0.364 e. The smallest absolute Gasteiger partial charge is 0.0432 e. The van der Waals surface area contributed by atoms with E-state index in [1.807, 2.05) is 12.1 Å².